The number of ether oxygens (including phenoxy) is 3. The molecule has 0 saturated carbocycles. The lowest BCUT2D eigenvalue weighted by atomic mass is 9.95. The first-order valence-electron chi connectivity index (χ1n) is 7.56. The monoisotopic (exact) mass is 314 g/mol. The number of methoxy groups -OCH3 is 1. The summed E-state index contributed by atoms with van der Waals surface area (Å²) in [5.41, 5.74) is 1.96. The first kappa shape index (κ1) is 13.0. The highest BCUT2D eigenvalue weighted by atomic mass is 16.7. The van der Waals surface area contributed by atoms with E-state index < -0.39 is 18.0 Å². The van der Waals surface area contributed by atoms with Crippen molar-refractivity contribution < 1.29 is 23.7 Å². The summed E-state index contributed by atoms with van der Waals surface area (Å²) in [5, 5.41) is 10.8. The van der Waals surface area contributed by atoms with Crippen LogP contribution >= 0.6 is 0 Å². The van der Waals surface area contributed by atoms with Crippen molar-refractivity contribution in [3.05, 3.63) is 45.5 Å². The van der Waals surface area contributed by atoms with Gasteiger partial charge in [-0.05, 0) is 24.5 Å². The van der Waals surface area contributed by atoms with Gasteiger partial charge in [-0.15, -0.1) is 0 Å². The molecule has 23 heavy (non-hydrogen) atoms. The topological polar surface area (TPSA) is 78.1 Å². The van der Waals surface area contributed by atoms with Crippen LogP contribution in [0.1, 0.15) is 35.1 Å². The molecule has 0 amide bonds. The van der Waals surface area contributed by atoms with Crippen molar-refractivity contribution in [1.82, 2.24) is 0 Å². The fraction of sp³-hybridized carbons (Fsp3) is 0.353. The van der Waals surface area contributed by atoms with Gasteiger partial charge < -0.3 is 23.7 Å². The van der Waals surface area contributed by atoms with Crippen LogP contribution in [0.4, 0.5) is 0 Å². The Labute approximate surface area is 130 Å². The average molecular weight is 314 g/mol. The summed E-state index contributed by atoms with van der Waals surface area (Å²) >= 11 is 0. The van der Waals surface area contributed by atoms with Gasteiger partial charge in [-0.25, -0.2) is 4.79 Å². The number of fused-ring (bicyclic) bond motifs is 7. The Morgan fingerprint density at radius 1 is 1.35 bits per heavy atom. The molecular weight excluding hydrogens is 300 g/mol. The van der Waals surface area contributed by atoms with Crippen molar-refractivity contribution in [2.24, 2.45) is 0 Å². The van der Waals surface area contributed by atoms with Crippen LogP contribution in [0.5, 0.6) is 11.5 Å². The van der Waals surface area contributed by atoms with Gasteiger partial charge in [0.05, 0.1) is 41.9 Å². The zero-order chi connectivity index (χ0) is 15.7. The van der Waals surface area contributed by atoms with Gasteiger partial charge in [-0.1, -0.05) is 0 Å². The van der Waals surface area contributed by atoms with Crippen LogP contribution in [0.25, 0.3) is 11.0 Å². The van der Waals surface area contributed by atoms with Gasteiger partial charge in [-0.3, -0.25) is 0 Å². The molecule has 118 valence electrons. The Bertz CT molecular complexity index is 925. The minimum Gasteiger partial charge on any atom is -0.496 e. The summed E-state index contributed by atoms with van der Waals surface area (Å²) in [4.78, 5) is 12.4. The van der Waals surface area contributed by atoms with E-state index in [1.807, 2.05) is 6.08 Å². The molecule has 3 atom stereocenters. The molecule has 5 rings (SSSR count). The molecule has 2 unspecified atom stereocenters. The molecule has 2 aromatic rings. The van der Waals surface area contributed by atoms with Gasteiger partial charge in [0.2, 0.25) is 0 Å². The maximum atomic E-state index is 12.4. The molecule has 3 aliphatic rings. The average Bonchev–Trinajstić information content (AvgIpc) is 3.20. The van der Waals surface area contributed by atoms with Gasteiger partial charge in [-0.2, -0.15) is 0 Å². The fourth-order valence-electron chi connectivity index (χ4n) is 3.86. The largest absolute Gasteiger partial charge is 0.496 e. The van der Waals surface area contributed by atoms with Crippen LogP contribution in [-0.4, -0.2) is 18.5 Å². The molecule has 2 aliphatic heterocycles. The van der Waals surface area contributed by atoms with Crippen molar-refractivity contribution in [3.8, 4) is 11.5 Å². The number of aliphatic hydroxyl groups excluding tert-OH is 1. The predicted molar refractivity (Wildman–Crippen MR) is 79.7 cm³/mol. The van der Waals surface area contributed by atoms with Crippen LogP contribution in [0.2, 0.25) is 0 Å². The molecule has 0 saturated heterocycles. The summed E-state index contributed by atoms with van der Waals surface area (Å²) in [5.74, 6) is 1.08. The van der Waals surface area contributed by atoms with E-state index in [2.05, 4.69) is 0 Å². The Morgan fingerprint density at radius 3 is 3.04 bits per heavy atom. The van der Waals surface area contributed by atoms with Crippen molar-refractivity contribution in [3.63, 3.8) is 0 Å². The zero-order valence-corrected chi connectivity index (χ0v) is 12.4. The van der Waals surface area contributed by atoms with Gasteiger partial charge >= 0.3 is 5.63 Å². The van der Waals surface area contributed by atoms with Crippen LogP contribution in [0, 0.1) is 0 Å². The molecule has 0 fully saturated rings. The molecule has 0 bridgehead atoms. The van der Waals surface area contributed by atoms with Crippen LogP contribution in [0.15, 0.2) is 27.6 Å². The van der Waals surface area contributed by atoms with E-state index in [9.17, 15) is 9.90 Å². The van der Waals surface area contributed by atoms with Crippen molar-refractivity contribution in [2.75, 3.05) is 7.11 Å². The Morgan fingerprint density at radius 2 is 2.22 bits per heavy atom. The number of hydrogen-bond donors (Lipinski definition) is 1. The second-order valence-electron chi connectivity index (χ2n) is 6.01. The predicted octanol–water partition coefficient (Wildman–Crippen LogP) is 2.13. The smallest absolute Gasteiger partial charge is 0.342 e. The zero-order valence-electron chi connectivity index (χ0n) is 12.4. The van der Waals surface area contributed by atoms with E-state index in [-0.39, 0.29) is 5.92 Å². The molecule has 0 spiro atoms. The van der Waals surface area contributed by atoms with E-state index >= 15 is 0 Å². The third kappa shape index (κ3) is 1.53. The first-order valence-corrected chi connectivity index (χ1v) is 7.56. The molecule has 6 nitrogen and oxygen atoms in total. The summed E-state index contributed by atoms with van der Waals surface area (Å²) in [6, 6.07) is 1.80. The summed E-state index contributed by atoms with van der Waals surface area (Å²) < 4.78 is 22.3. The molecule has 6 heteroatoms. The third-order valence-corrected chi connectivity index (χ3v) is 4.88. The number of benzene rings is 1. The normalized spacial score (nSPS) is 26.6. The number of aliphatic hydroxyl groups is 1. The molecule has 1 aromatic heterocycles. The lowest BCUT2D eigenvalue weighted by Crippen LogP contribution is -2.14. The van der Waals surface area contributed by atoms with Crippen molar-refractivity contribution in [1.29, 1.82) is 0 Å². The number of aryl methyl sites for hydroxylation is 1. The van der Waals surface area contributed by atoms with Gasteiger partial charge in [0.15, 0.2) is 0 Å². The van der Waals surface area contributed by atoms with Gasteiger partial charge in [0.25, 0.3) is 6.29 Å². The van der Waals surface area contributed by atoms with Crippen LogP contribution < -0.4 is 15.1 Å². The lowest BCUT2D eigenvalue weighted by Gasteiger charge is -2.13. The Kier molecular flexibility index (Phi) is 2.43. The van der Waals surface area contributed by atoms with Gasteiger partial charge in [0.1, 0.15) is 17.1 Å². The highest BCUT2D eigenvalue weighted by molar-refractivity contribution is 5.93. The van der Waals surface area contributed by atoms with E-state index in [0.717, 1.165) is 16.5 Å². The minimum atomic E-state index is -0.776. The van der Waals surface area contributed by atoms with Crippen LogP contribution in [-0.2, 0) is 11.2 Å². The molecule has 1 aromatic carbocycles. The molecule has 1 N–H and O–H groups in total. The SMILES string of the molecule is COc1cc2c(c3oc(=O)c4c(c13)CC[C@@H]4O)C1C=COC1O2. The molecular formula is C17H14O6. The summed E-state index contributed by atoms with van der Waals surface area (Å²) in [6.07, 6.45) is 3.43. The highest BCUT2D eigenvalue weighted by Gasteiger charge is 2.41. The number of rotatable bonds is 1. The Hall–Kier alpha value is -2.47. The summed E-state index contributed by atoms with van der Waals surface area (Å²) in [7, 11) is 1.57. The van der Waals surface area contributed by atoms with Crippen molar-refractivity contribution >= 4 is 11.0 Å². The maximum Gasteiger partial charge on any atom is 0.342 e. The van der Waals surface area contributed by atoms with Crippen molar-refractivity contribution in [2.45, 2.75) is 31.2 Å². The van der Waals surface area contributed by atoms with Gasteiger partial charge in [0, 0.05) is 6.07 Å². The van der Waals surface area contributed by atoms with E-state index in [1.165, 1.54) is 0 Å². The molecule has 3 heterocycles. The van der Waals surface area contributed by atoms with Crippen LogP contribution in [0.3, 0.4) is 0 Å². The standard InChI is InChI=1S/C17H14O6/c1-20-10-6-11-14(8-4-5-21-17(8)22-11)15-13(10)7-2-3-9(18)12(7)16(19)23-15/h4-6,8-9,17-18H,2-3H2,1H3/t8?,9-,17?/m0/s1. The lowest BCUT2D eigenvalue weighted by molar-refractivity contribution is -0.00485. The Balaban J connectivity index is 1.92. The van der Waals surface area contributed by atoms with E-state index in [0.29, 0.717) is 35.5 Å². The first-order chi connectivity index (χ1) is 11.2. The number of hydrogen-bond acceptors (Lipinski definition) is 6. The second kappa shape index (κ2) is 4.29. The maximum absolute atomic E-state index is 12.4. The van der Waals surface area contributed by atoms with E-state index in [4.69, 9.17) is 18.6 Å². The molecule has 1 aliphatic carbocycles. The summed E-state index contributed by atoms with van der Waals surface area (Å²) in [6.45, 7) is 0. The molecule has 0 radical (unpaired) electrons. The highest BCUT2D eigenvalue weighted by Crippen LogP contribution is 2.50. The fourth-order valence-corrected chi connectivity index (χ4v) is 3.86. The second-order valence-corrected chi connectivity index (χ2v) is 6.01. The van der Waals surface area contributed by atoms with E-state index in [1.54, 1.807) is 19.4 Å². The third-order valence-electron chi connectivity index (χ3n) is 4.88. The quantitative estimate of drug-likeness (QED) is 0.812. The minimum absolute atomic E-state index is 0.106.